The molecule has 0 amide bonds. The Labute approximate surface area is 181 Å². The zero-order valence-corrected chi connectivity index (χ0v) is 18.9. The Hall–Kier alpha value is -1.89. The number of hydrogen-bond acceptors (Lipinski definition) is 3. The molecule has 0 unspecified atom stereocenters. The van der Waals surface area contributed by atoms with E-state index in [4.69, 9.17) is 0 Å². The van der Waals surface area contributed by atoms with Gasteiger partial charge in [-0.3, -0.25) is 0 Å². The fraction of sp³-hybridized carbons (Fsp3) is 0.500. The summed E-state index contributed by atoms with van der Waals surface area (Å²) in [4.78, 5) is 4.42. The highest BCUT2D eigenvalue weighted by atomic mass is 32.2. The minimum Gasteiger partial charge on any atom is -0.360 e. The van der Waals surface area contributed by atoms with E-state index in [-0.39, 0.29) is 6.04 Å². The molecule has 2 aliphatic rings. The van der Waals surface area contributed by atoms with E-state index in [1.54, 1.807) is 29.2 Å². The Kier molecular flexibility index (Phi) is 6.46. The van der Waals surface area contributed by atoms with Crippen molar-refractivity contribution in [3.63, 3.8) is 0 Å². The maximum Gasteiger partial charge on any atom is 0.241 e. The van der Waals surface area contributed by atoms with Crippen LogP contribution in [0.15, 0.2) is 53.4 Å². The second-order valence-electron chi connectivity index (χ2n) is 8.80. The average Bonchev–Trinajstić information content (AvgIpc) is 2.77. The van der Waals surface area contributed by atoms with Crippen molar-refractivity contribution in [2.24, 2.45) is 0 Å². The van der Waals surface area contributed by atoms with Crippen molar-refractivity contribution in [1.29, 1.82) is 0 Å². The lowest BCUT2D eigenvalue weighted by atomic mass is 9.89. The van der Waals surface area contributed by atoms with Gasteiger partial charge in [0, 0.05) is 12.1 Å². The third-order valence-electron chi connectivity index (χ3n) is 6.97. The van der Waals surface area contributed by atoms with Crippen molar-refractivity contribution in [1.82, 2.24) is 4.72 Å². The molecule has 1 heterocycles. The average molecular weight is 429 g/mol. The molecule has 0 bridgehead atoms. The Morgan fingerprint density at radius 1 is 0.933 bits per heavy atom. The molecule has 1 aliphatic carbocycles. The molecule has 6 heteroatoms. The fourth-order valence-corrected chi connectivity index (χ4v) is 6.44. The predicted molar refractivity (Wildman–Crippen MR) is 122 cm³/mol. The first kappa shape index (κ1) is 21.3. The Morgan fingerprint density at radius 2 is 1.63 bits per heavy atom. The van der Waals surface area contributed by atoms with E-state index in [0.717, 1.165) is 45.4 Å². The summed E-state index contributed by atoms with van der Waals surface area (Å²) in [6.07, 6.45) is 4.32. The van der Waals surface area contributed by atoms with Gasteiger partial charge in [-0.2, -0.15) is 0 Å². The summed E-state index contributed by atoms with van der Waals surface area (Å²) in [5.74, 6) is 0. The Morgan fingerprint density at radius 3 is 2.37 bits per heavy atom. The highest BCUT2D eigenvalue weighted by Crippen LogP contribution is 2.23. The van der Waals surface area contributed by atoms with E-state index in [1.807, 2.05) is 6.07 Å². The second-order valence-corrected chi connectivity index (χ2v) is 10.5. The molecule has 0 radical (unpaired) electrons. The Bertz CT molecular complexity index is 954. The van der Waals surface area contributed by atoms with Gasteiger partial charge in [0.1, 0.15) is 6.04 Å². The number of anilines is 1. The minimum absolute atomic E-state index is 0.0196. The summed E-state index contributed by atoms with van der Waals surface area (Å²) >= 11 is 0. The molecule has 162 valence electrons. The van der Waals surface area contributed by atoms with Crippen molar-refractivity contribution in [2.75, 3.05) is 31.1 Å². The number of rotatable bonds is 5. The van der Waals surface area contributed by atoms with Gasteiger partial charge in [0.05, 0.1) is 37.1 Å². The van der Waals surface area contributed by atoms with E-state index in [0.29, 0.717) is 10.9 Å². The molecule has 1 saturated heterocycles. The molecule has 2 aromatic rings. The molecule has 2 N–H and O–H groups in total. The highest BCUT2D eigenvalue weighted by Gasteiger charge is 2.37. The van der Waals surface area contributed by atoms with Crippen LogP contribution in [0.5, 0.6) is 0 Å². The van der Waals surface area contributed by atoms with E-state index >= 15 is 0 Å². The number of hydrogen-bond donors (Lipinski definition) is 2. The first-order valence-corrected chi connectivity index (χ1v) is 12.7. The van der Waals surface area contributed by atoms with Crippen LogP contribution in [0.1, 0.15) is 36.8 Å². The maximum atomic E-state index is 12.9. The van der Waals surface area contributed by atoms with Gasteiger partial charge in [-0.15, -0.1) is 0 Å². The molecule has 30 heavy (non-hydrogen) atoms. The summed E-state index contributed by atoms with van der Waals surface area (Å²) < 4.78 is 28.9. The van der Waals surface area contributed by atoms with Crippen LogP contribution in [-0.2, 0) is 10.0 Å². The van der Waals surface area contributed by atoms with E-state index in [1.165, 1.54) is 23.2 Å². The second kappa shape index (κ2) is 9.08. The summed E-state index contributed by atoms with van der Waals surface area (Å²) in [5.41, 5.74) is 4.05. The van der Waals surface area contributed by atoms with E-state index < -0.39 is 10.0 Å². The van der Waals surface area contributed by atoms with Gasteiger partial charge in [-0.1, -0.05) is 36.8 Å². The van der Waals surface area contributed by atoms with E-state index in [2.05, 4.69) is 41.7 Å². The van der Waals surface area contributed by atoms with Crippen molar-refractivity contribution in [3.8, 4) is 0 Å². The molecule has 2 aromatic carbocycles. The summed E-state index contributed by atoms with van der Waals surface area (Å²) in [7, 11) is -3.47. The predicted octanol–water partition coefficient (Wildman–Crippen LogP) is 2.30. The third-order valence-corrected chi connectivity index (χ3v) is 8.48. The number of aryl methyl sites for hydroxylation is 1. The number of nitrogens with zero attached hydrogens (tertiary/aromatic N) is 1. The first-order chi connectivity index (χ1) is 14.5. The Balaban J connectivity index is 1.43. The number of benzene rings is 2. The zero-order valence-electron chi connectivity index (χ0n) is 18.1. The lowest BCUT2D eigenvalue weighted by Gasteiger charge is -2.42. The van der Waals surface area contributed by atoms with Crippen LogP contribution in [0.3, 0.4) is 0 Å². The van der Waals surface area contributed by atoms with E-state index in [9.17, 15) is 8.42 Å². The molecule has 4 rings (SSSR count). The molecule has 0 aromatic heterocycles. The first-order valence-electron chi connectivity index (χ1n) is 11.2. The van der Waals surface area contributed by atoms with Crippen molar-refractivity contribution in [2.45, 2.75) is 56.5 Å². The van der Waals surface area contributed by atoms with Gasteiger partial charge in [-0.05, 0) is 56.0 Å². The largest absolute Gasteiger partial charge is 0.360 e. The quantitative estimate of drug-likeness (QED) is 0.768. The van der Waals surface area contributed by atoms with Crippen LogP contribution in [0.2, 0.25) is 0 Å². The smallest absolute Gasteiger partial charge is 0.241 e. The molecule has 2 atom stereocenters. The van der Waals surface area contributed by atoms with Gasteiger partial charge in [0.15, 0.2) is 0 Å². The van der Waals surface area contributed by atoms with Crippen molar-refractivity contribution >= 4 is 15.7 Å². The zero-order chi connectivity index (χ0) is 21.1. The standard InChI is InChI=1S/C24H33N3O2S/c1-19-9-8-14-23(20(19)2)26-15-17-27(18-16-26)24-13-7-6-12-22(24)25-30(28,29)21-10-4-3-5-11-21/h3-5,8-11,14,22,24-25H,6-7,12-13,15-18H2,1-2H3/p+1/t22-,24+/m1/s1. The molecule has 0 spiro atoms. The van der Waals surface area contributed by atoms with Crippen LogP contribution in [0.4, 0.5) is 5.69 Å². The molecule has 5 nitrogen and oxygen atoms in total. The van der Waals surface area contributed by atoms with Crippen molar-refractivity contribution in [3.05, 3.63) is 59.7 Å². The van der Waals surface area contributed by atoms with Gasteiger partial charge in [0.2, 0.25) is 10.0 Å². The highest BCUT2D eigenvalue weighted by molar-refractivity contribution is 7.89. The number of quaternary nitrogens is 1. The summed E-state index contributed by atoms with van der Waals surface area (Å²) in [5, 5.41) is 0. The molecular formula is C24H34N3O2S+. The fourth-order valence-electron chi connectivity index (χ4n) is 5.11. The van der Waals surface area contributed by atoms with Crippen LogP contribution in [0, 0.1) is 13.8 Å². The third kappa shape index (κ3) is 4.56. The van der Waals surface area contributed by atoms with Crippen LogP contribution in [0.25, 0.3) is 0 Å². The summed E-state index contributed by atoms with van der Waals surface area (Å²) in [6.45, 7) is 8.54. The van der Waals surface area contributed by atoms with Gasteiger partial charge in [-0.25, -0.2) is 13.1 Å². The lowest BCUT2D eigenvalue weighted by molar-refractivity contribution is -0.928. The normalized spacial score (nSPS) is 23.5. The number of nitrogens with one attached hydrogen (secondary N) is 2. The molecular weight excluding hydrogens is 394 g/mol. The monoisotopic (exact) mass is 428 g/mol. The maximum absolute atomic E-state index is 12.9. The van der Waals surface area contributed by atoms with Gasteiger partial charge in [0.25, 0.3) is 0 Å². The van der Waals surface area contributed by atoms with Crippen LogP contribution in [-0.4, -0.2) is 46.7 Å². The van der Waals surface area contributed by atoms with Crippen LogP contribution >= 0.6 is 0 Å². The minimum atomic E-state index is -3.47. The molecule has 2 fully saturated rings. The SMILES string of the molecule is Cc1cccc(N2CC[NH+]([C@H]3CCCC[C@H]3NS(=O)(=O)c3ccccc3)CC2)c1C. The van der Waals surface area contributed by atoms with Gasteiger partial charge < -0.3 is 9.80 Å². The van der Waals surface area contributed by atoms with Crippen LogP contribution < -0.4 is 14.5 Å². The summed E-state index contributed by atoms with van der Waals surface area (Å²) in [6, 6.07) is 15.7. The molecule has 1 aliphatic heterocycles. The molecule has 1 saturated carbocycles. The van der Waals surface area contributed by atoms with Gasteiger partial charge >= 0.3 is 0 Å². The van der Waals surface area contributed by atoms with Crippen molar-refractivity contribution < 1.29 is 13.3 Å². The number of piperazine rings is 1. The lowest BCUT2D eigenvalue weighted by Crippen LogP contribution is -3.20. The number of sulfonamides is 1. The topological polar surface area (TPSA) is 53.9 Å².